The van der Waals surface area contributed by atoms with Gasteiger partial charge in [-0.25, -0.2) is 0 Å². The molecule has 1 unspecified atom stereocenters. The van der Waals surface area contributed by atoms with Gasteiger partial charge in [0, 0.05) is 5.41 Å². The van der Waals surface area contributed by atoms with E-state index < -0.39 is 0 Å². The standard InChI is InChI=1S/C13H23NO2.3C2H6/c1-10-9-16-13(7-5-6-8-13)11(14-15-4)12(10,2)3;3*1-2/h10H,5-9H2,1-4H3;3*1-2H3/b14-11-;;;. The SMILES string of the molecule is CC.CC.CC.CO/N=C1\C2(CCCC2)OCC(C)C1(C)C. The van der Waals surface area contributed by atoms with Crippen molar-refractivity contribution >= 4 is 5.71 Å². The minimum absolute atomic E-state index is 0.0819. The summed E-state index contributed by atoms with van der Waals surface area (Å²) in [5, 5.41) is 4.31. The number of hydrogen-bond donors (Lipinski definition) is 0. The van der Waals surface area contributed by atoms with Gasteiger partial charge in [-0.2, -0.15) is 0 Å². The molecule has 1 aliphatic carbocycles. The van der Waals surface area contributed by atoms with Crippen LogP contribution < -0.4 is 0 Å². The molecule has 134 valence electrons. The first-order chi connectivity index (χ1) is 10.5. The Balaban J connectivity index is 0. The lowest BCUT2D eigenvalue weighted by Gasteiger charge is -2.47. The van der Waals surface area contributed by atoms with Crippen molar-refractivity contribution in [2.75, 3.05) is 13.7 Å². The number of ether oxygens (including phenoxy) is 1. The minimum Gasteiger partial charge on any atom is -0.399 e. The van der Waals surface area contributed by atoms with Crippen molar-refractivity contribution in [3.8, 4) is 0 Å². The van der Waals surface area contributed by atoms with Gasteiger partial charge in [-0.15, -0.1) is 0 Å². The molecule has 0 bridgehead atoms. The number of hydrogen-bond acceptors (Lipinski definition) is 3. The fourth-order valence-corrected chi connectivity index (χ4v) is 3.00. The molecular weight excluding hydrogens is 274 g/mol. The summed E-state index contributed by atoms with van der Waals surface area (Å²) in [5.74, 6) is 0.493. The van der Waals surface area contributed by atoms with Crippen LogP contribution in [0.3, 0.4) is 0 Å². The fourth-order valence-electron chi connectivity index (χ4n) is 3.00. The Kier molecular flexibility index (Phi) is 12.8. The van der Waals surface area contributed by atoms with Gasteiger partial charge in [0.2, 0.25) is 0 Å². The summed E-state index contributed by atoms with van der Waals surface area (Å²) in [4.78, 5) is 5.06. The van der Waals surface area contributed by atoms with E-state index in [0.717, 1.165) is 25.2 Å². The molecule has 22 heavy (non-hydrogen) atoms. The van der Waals surface area contributed by atoms with Crippen molar-refractivity contribution < 1.29 is 9.57 Å². The molecule has 1 spiro atoms. The van der Waals surface area contributed by atoms with Crippen LogP contribution in [-0.2, 0) is 9.57 Å². The lowest BCUT2D eigenvalue weighted by Crippen LogP contribution is -2.55. The zero-order chi connectivity index (χ0) is 17.8. The highest BCUT2D eigenvalue weighted by molar-refractivity contribution is 5.97. The molecular formula is C19H41NO2. The Morgan fingerprint density at radius 2 is 1.45 bits per heavy atom. The van der Waals surface area contributed by atoms with Crippen LogP contribution in [0.5, 0.6) is 0 Å². The zero-order valence-corrected chi connectivity index (χ0v) is 16.9. The summed E-state index contributed by atoms with van der Waals surface area (Å²) in [6.07, 6.45) is 4.69. The summed E-state index contributed by atoms with van der Waals surface area (Å²) in [6, 6.07) is 0. The summed E-state index contributed by atoms with van der Waals surface area (Å²) >= 11 is 0. The average Bonchev–Trinajstić information content (AvgIpc) is 3.04. The minimum atomic E-state index is -0.119. The van der Waals surface area contributed by atoms with Crippen LogP contribution in [0.4, 0.5) is 0 Å². The van der Waals surface area contributed by atoms with E-state index in [1.165, 1.54) is 12.8 Å². The third-order valence-electron chi connectivity index (χ3n) is 4.48. The molecule has 1 saturated heterocycles. The molecule has 0 amide bonds. The van der Waals surface area contributed by atoms with E-state index >= 15 is 0 Å². The van der Waals surface area contributed by atoms with E-state index in [1.807, 2.05) is 41.5 Å². The first-order valence-electron chi connectivity index (χ1n) is 9.29. The van der Waals surface area contributed by atoms with E-state index in [2.05, 4.69) is 25.9 Å². The maximum Gasteiger partial charge on any atom is 0.110 e. The normalized spacial score (nSPS) is 25.9. The van der Waals surface area contributed by atoms with Crippen LogP contribution in [0, 0.1) is 11.3 Å². The van der Waals surface area contributed by atoms with Gasteiger partial charge < -0.3 is 9.57 Å². The molecule has 0 aromatic carbocycles. The Morgan fingerprint density at radius 3 is 1.86 bits per heavy atom. The topological polar surface area (TPSA) is 30.8 Å². The molecule has 3 nitrogen and oxygen atoms in total. The van der Waals surface area contributed by atoms with Crippen LogP contribution in [0.2, 0.25) is 0 Å². The summed E-state index contributed by atoms with van der Waals surface area (Å²) < 4.78 is 6.13. The number of oxime groups is 1. The number of rotatable bonds is 1. The second-order valence-corrected chi connectivity index (χ2v) is 5.76. The molecule has 0 aromatic rings. The Morgan fingerprint density at radius 1 is 1.00 bits per heavy atom. The van der Waals surface area contributed by atoms with Crippen molar-refractivity contribution in [2.45, 2.75) is 93.6 Å². The second-order valence-electron chi connectivity index (χ2n) is 5.76. The first kappa shape index (κ1) is 23.7. The molecule has 2 fully saturated rings. The maximum absolute atomic E-state index is 6.13. The van der Waals surface area contributed by atoms with E-state index in [4.69, 9.17) is 9.57 Å². The van der Waals surface area contributed by atoms with Crippen molar-refractivity contribution in [3.63, 3.8) is 0 Å². The molecule has 2 rings (SSSR count). The molecule has 1 aliphatic heterocycles. The van der Waals surface area contributed by atoms with Crippen LogP contribution in [0.1, 0.15) is 88.0 Å². The monoisotopic (exact) mass is 315 g/mol. The average molecular weight is 316 g/mol. The predicted molar refractivity (Wildman–Crippen MR) is 98.6 cm³/mol. The third kappa shape index (κ3) is 5.26. The van der Waals surface area contributed by atoms with Crippen molar-refractivity contribution in [1.82, 2.24) is 0 Å². The number of nitrogens with zero attached hydrogens (tertiary/aromatic N) is 1. The van der Waals surface area contributed by atoms with Gasteiger partial charge >= 0.3 is 0 Å². The molecule has 1 atom stereocenters. The molecule has 1 heterocycles. The third-order valence-corrected chi connectivity index (χ3v) is 4.48. The van der Waals surface area contributed by atoms with Crippen molar-refractivity contribution in [2.24, 2.45) is 16.5 Å². The maximum atomic E-state index is 6.13. The van der Waals surface area contributed by atoms with Gasteiger partial charge in [-0.1, -0.05) is 80.3 Å². The van der Waals surface area contributed by atoms with Gasteiger partial charge in [-0.05, 0) is 18.8 Å². The highest BCUT2D eigenvalue weighted by Crippen LogP contribution is 2.47. The zero-order valence-electron chi connectivity index (χ0n) is 16.9. The van der Waals surface area contributed by atoms with E-state index in [1.54, 1.807) is 7.11 Å². The summed E-state index contributed by atoms with van der Waals surface area (Å²) in [6.45, 7) is 19.6. The van der Waals surface area contributed by atoms with E-state index in [0.29, 0.717) is 5.92 Å². The molecule has 1 saturated carbocycles. The molecule has 0 radical (unpaired) electrons. The quantitative estimate of drug-likeness (QED) is 0.550. The molecule has 3 heteroatoms. The highest BCUT2D eigenvalue weighted by atomic mass is 16.6. The van der Waals surface area contributed by atoms with E-state index in [-0.39, 0.29) is 11.0 Å². The lowest BCUT2D eigenvalue weighted by atomic mass is 9.67. The molecule has 2 aliphatic rings. The highest BCUT2D eigenvalue weighted by Gasteiger charge is 2.52. The second kappa shape index (κ2) is 11.9. The van der Waals surface area contributed by atoms with E-state index in [9.17, 15) is 0 Å². The molecule has 0 aromatic heterocycles. The predicted octanol–water partition coefficient (Wildman–Crippen LogP) is 6.07. The van der Waals surface area contributed by atoms with Crippen LogP contribution in [0.15, 0.2) is 5.16 Å². The fraction of sp³-hybridized carbons (Fsp3) is 0.947. The van der Waals surface area contributed by atoms with Gasteiger partial charge in [0.05, 0.1) is 12.3 Å². The van der Waals surface area contributed by atoms with Gasteiger partial charge in [0.25, 0.3) is 0 Å². The smallest absolute Gasteiger partial charge is 0.110 e. The van der Waals surface area contributed by atoms with Gasteiger partial charge in [-0.3, -0.25) is 0 Å². The Bertz CT molecular complexity index is 292. The van der Waals surface area contributed by atoms with Crippen molar-refractivity contribution in [1.29, 1.82) is 0 Å². The van der Waals surface area contributed by atoms with Gasteiger partial charge in [0.1, 0.15) is 12.7 Å². The molecule has 0 N–H and O–H groups in total. The summed E-state index contributed by atoms with van der Waals surface area (Å²) in [5.41, 5.74) is 1.09. The van der Waals surface area contributed by atoms with Crippen molar-refractivity contribution in [3.05, 3.63) is 0 Å². The Labute approximate surface area is 139 Å². The first-order valence-corrected chi connectivity index (χ1v) is 9.29. The van der Waals surface area contributed by atoms with Gasteiger partial charge in [0.15, 0.2) is 0 Å². The Hall–Kier alpha value is -0.570. The summed E-state index contributed by atoms with van der Waals surface area (Å²) in [7, 11) is 1.63. The van der Waals surface area contributed by atoms with Crippen LogP contribution in [-0.4, -0.2) is 25.0 Å². The van der Waals surface area contributed by atoms with Crippen LogP contribution in [0.25, 0.3) is 0 Å². The van der Waals surface area contributed by atoms with Crippen LogP contribution >= 0.6 is 0 Å². The largest absolute Gasteiger partial charge is 0.399 e. The lowest BCUT2D eigenvalue weighted by molar-refractivity contribution is -0.0553.